The summed E-state index contributed by atoms with van der Waals surface area (Å²) in [6.07, 6.45) is 3.87. The van der Waals surface area contributed by atoms with Crippen molar-refractivity contribution in [1.29, 1.82) is 0 Å². The van der Waals surface area contributed by atoms with E-state index in [9.17, 15) is 0 Å². The molecule has 0 aliphatic heterocycles. The molecule has 218 valence electrons. The number of furan rings is 1. The van der Waals surface area contributed by atoms with Gasteiger partial charge in [-0.25, -0.2) is 4.98 Å². The Balaban J connectivity index is 1.44. The van der Waals surface area contributed by atoms with E-state index in [4.69, 9.17) is 9.40 Å². The number of fused-ring (bicyclic) bond motifs is 2. The van der Waals surface area contributed by atoms with Crippen LogP contribution in [0.4, 0.5) is 0 Å². The Bertz CT molecular complexity index is 2030. The fraction of sp³-hybridized carbons (Fsp3) is 0.195. The van der Waals surface area contributed by atoms with Gasteiger partial charge in [-0.15, -0.1) is 0 Å². The lowest BCUT2D eigenvalue weighted by molar-refractivity contribution is 0.616. The number of imidazole rings is 1. The Labute approximate surface area is 259 Å². The molecule has 0 radical (unpaired) electrons. The second-order valence-electron chi connectivity index (χ2n) is 12.4. The Hall–Kier alpha value is -4.89. The number of para-hydroxylation sites is 2. The highest BCUT2D eigenvalue weighted by atomic mass is 16.3. The summed E-state index contributed by atoms with van der Waals surface area (Å²) in [6.45, 7) is 9.18. The number of aromatic nitrogens is 2. The highest BCUT2D eigenvalue weighted by molar-refractivity contribution is 5.96. The first-order chi connectivity index (χ1) is 21.5. The Morgan fingerprint density at radius 3 is 1.98 bits per heavy atom. The molecule has 2 aromatic heterocycles. The predicted octanol–water partition coefficient (Wildman–Crippen LogP) is 11.1. The topological polar surface area (TPSA) is 31.0 Å². The van der Waals surface area contributed by atoms with Crippen molar-refractivity contribution >= 4 is 22.0 Å². The summed E-state index contributed by atoms with van der Waals surface area (Å²) in [5, 5.41) is 1.10. The fourth-order valence-electron chi connectivity index (χ4n) is 6.39. The van der Waals surface area contributed by atoms with Crippen LogP contribution >= 0.6 is 0 Å². The lowest BCUT2D eigenvalue weighted by Gasteiger charge is -2.24. The third-order valence-electron chi connectivity index (χ3n) is 8.73. The van der Waals surface area contributed by atoms with Crippen LogP contribution in [0.1, 0.15) is 61.8 Å². The van der Waals surface area contributed by atoms with Crippen molar-refractivity contribution < 1.29 is 4.42 Å². The normalized spacial score (nSPS) is 11.8. The first kappa shape index (κ1) is 27.9. The van der Waals surface area contributed by atoms with Crippen LogP contribution in [0.5, 0.6) is 0 Å². The van der Waals surface area contributed by atoms with E-state index in [0.29, 0.717) is 11.8 Å². The van der Waals surface area contributed by atoms with Gasteiger partial charge in [0.1, 0.15) is 17.7 Å². The van der Waals surface area contributed by atoms with Crippen molar-refractivity contribution in [2.75, 3.05) is 0 Å². The van der Waals surface area contributed by atoms with Crippen molar-refractivity contribution in [3.8, 4) is 28.2 Å². The predicted molar refractivity (Wildman–Crippen MR) is 184 cm³/mol. The molecule has 7 aromatic rings. The minimum atomic E-state index is 0.311. The van der Waals surface area contributed by atoms with Gasteiger partial charge >= 0.3 is 0 Å². The summed E-state index contributed by atoms with van der Waals surface area (Å²) in [6, 6.07) is 41.3. The molecule has 3 nitrogen and oxygen atoms in total. The van der Waals surface area contributed by atoms with E-state index in [1.807, 2.05) is 6.26 Å². The van der Waals surface area contributed by atoms with Gasteiger partial charge in [-0.2, -0.15) is 0 Å². The average molecular weight is 575 g/mol. The van der Waals surface area contributed by atoms with E-state index in [-0.39, 0.29) is 0 Å². The molecule has 0 spiro atoms. The van der Waals surface area contributed by atoms with Gasteiger partial charge in [-0.1, -0.05) is 107 Å². The van der Waals surface area contributed by atoms with Gasteiger partial charge < -0.3 is 4.42 Å². The van der Waals surface area contributed by atoms with Crippen LogP contribution in [0.3, 0.4) is 0 Å². The highest BCUT2D eigenvalue weighted by Gasteiger charge is 2.25. The zero-order valence-corrected chi connectivity index (χ0v) is 25.9. The first-order valence-corrected chi connectivity index (χ1v) is 15.7. The molecule has 5 aromatic carbocycles. The Morgan fingerprint density at radius 2 is 1.27 bits per heavy atom. The second kappa shape index (κ2) is 11.7. The maximum atomic E-state index is 6.19. The summed E-state index contributed by atoms with van der Waals surface area (Å²) in [7, 11) is 0. The van der Waals surface area contributed by atoms with Crippen LogP contribution in [-0.2, 0) is 12.8 Å². The SMILES string of the molecule is CC(C)c1cc(-c2ccccc2)cc(C(C)C)c1-n1c(-c2coc3ccc(CCc4ccccc4)cc23)nc2ccccc21. The van der Waals surface area contributed by atoms with Crippen molar-refractivity contribution in [1.82, 2.24) is 9.55 Å². The zero-order chi connectivity index (χ0) is 30.2. The van der Waals surface area contributed by atoms with Crippen LogP contribution in [0.25, 0.3) is 50.2 Å². The highest BCUT2D eigenvalue weighted by Crippen LogP contribution is 2.41. The molecule has 0 saturated heterocycles. The van der Waals surface area contributed by atoms with Crippen molar-refractivity contribution in [2.24, 2.45) is 0 Å². The molecule has 44 heavy (non-hydrogen) atoms. The minimum Gasteiger partial charge on any atom is -0.464 e. The molecule has 7 rings (SSSR count). The number of aryl methyl sites for hydroxylation is 2. The molecule has 0 N–H and O–H groups in total. The van der Waals surface area contributed by atoms with E-state index in [2.05, 4.69) is 148 Å². The summed E-state index contributed by atoms with van der Waals surface area (Å²) < 4.78 is 8.59. The second-order valence-corrected chi connectivity index (χ2v) is 12.4. The third-order valence-corrected chi connectivity index (χ3v) is 8.73. The Kier molecular flexibility index (Phi) is 7.39. The molecular formula is C41H38N2O. The first-order valence-electron chi connectivity index (χ1n) is 15.7. The monoisotopic (exact) mass is 574 g/mol. The van der Waals surface area contributed by atoms with Crippen LogP contribution in [0.2, 0.25) is 0 Å². The standard InChI is InChI=1S/C41H38N2O/c1-27(2)33-24-32(31-15-9-6-10-16-31)25-34(28(3)4)40(33)43-38-18-12-11-17-37(38)42-41(43)36-26-44-39-22-21-30(23-35(36)39)20-19-29-13-7-5-8-14-29/h5-18,21-28H,19-20H2,1-4H3. The molecule has 3 heteroatoms. The molecular weight excluding hydrogens is 536 g/mol. The molecule has 0 unspecified atom stereocenters. The van der Waals surface area contributed by atoms with E-state index >= 15 is 0 Å². The van der Waals surface area contributed by atoms with Crippen LogP contribution in [0.15, 0.2) is 126 Å². The van der Waals surface area contributed by atoms with Gasteiger partial charge in [0.15, 0.2) is 0 Å². The molecule has 0 fully saturated rings. The number of rotatable bonds is 8. The molecule has 0 aliphatic carbocycles. The number of hydrogen-bond donors (Lipinski definition) is 0. The van der Waals surface area contributed by atoms with Crippen molar-refractivity contribution in [3.63, 3.8) is 0 Å². The van der Waals surface area contributed by atoms with E-state index in [1.54, 1.807) is 0 Å². The molecule has 2 heterocycles. The summed E-state index contributed by atoms with van der Waals surface area (Å²) in [4.78, 5) is 5.29. The van der Waals surface area contributed by atoms with E-state index in [1.165, 1.54) is 39.1 Å². The smallest absolute Gasteiger partial charge is 0.149 e. The van der Waals surface area contributed by atoms with Crippen LogP contribution < -0.4 is 0 Å². The minimum absolute atomic E-state index is 0.311. The molecule has 0 saturated carbocycles. The van der Waals surface area contributed by atoms with Gasteiger partial charge in [0.05, 0.1) is 22.3 Å². The van der Waals surface area contributed by atoms with Crippen molar-refractivity contribution in [3.05, 3.63) is 144 Å². The molecule has 0 aliphatic rings. The quantitative estimate of drug-likeness (QED) is 0.181. The van der Waals surface area contributed by atoms with Gasteiger partial charge in [-0.3, -0.25) is 4.57 Å². The van der Waals surface area contributed by atoms with Gasteiger partial charge in [0.25, 0.3) is 0 Å². The van der Waals surface area contributed by atoms with Gasteiger partial charge in [0.2, 0.25) is 0 Å². The lowest BCUT2D eigenvalue weighted by Crippen LogP contribution is -2.09. The summed E-state index contributed by atoms with van der Waals surface area (Å²) in [5.74, 6) is 1.54. The molecule has 0 atom stereocenters. The summed E-state index contributed by atoms with van der Waals surface area (Å²) >= 11 is 0. The van der Waals surface area contributed by atoms with Crippen molar-refractivity contribution in [2.45, 2.75) is 52.4 Å². The third kappa shape index (κ3) is 5.13. The van der Waals surface area contributed by atoms with E-state index < -0.39 is 0 Å². The lowest BCUT2D eigenvalue weighted by atomic mass is 9.88. The molecule has 0 amide bonds. The van der Waals surface area contributed by atoms with Gasteiger partial charge in [-0.05, 0) is 94.5 Å². The number of nitrogens with zero attached hydrogens (tertiary/aromatic N) is 2. The maximum absolute atomic E-state index is 6.19. The number of benzene rings is 5. The number of hydrogen-bond acceptors (Lipinski definition) is 2. The maximum Gasteiger partial charge on any atom is 0.149 e. The van der Waals surface area contributed by atoms with Gasteiger partial charge in [0, 0.05) is 5.39 Å². The van der Waals surface area contributed by atoms with E-state index in [0.717, 1.165) is 46.2 Å². The van der Waals surface area contributed by atoms with Crippen LogP contribution in [-0.4, -0.2) is 9.55 Å². The van der Waals surface area contributed by atoms with Crippen LogP contribution in [0, 0.1) is 0 Å². The molecule has 0 bridgehead atoms. The average Bonchev–Trinajstić information content (AvgIpc) is 3.65. The zero-order valence-electron chi connectivity index (χ0n) is 25.9. The Morgan fingerprint density at radius 1 is 0.636 bits per heavy atom. The largest absolute Gasteiger partial charge is 0.464 e. The summed E-state index contributed by atoms with van der Waals surface area (Å²) in [5.41, 5.74) is 13.0. The fourth-order valence-corrected chi connectivity index (χ4v) is 6.39.